The van der Waals surface area contributed by atoms with Gasteiger partial charge in [0.15, 0.2) is 11.9 Å². The molecule has 2 aromatic heterocycles. The summed E-state index contributed by atoms with van der Waals surface area (Å²) in [7, 11) is 1.78. The number of anilines is 4. The molecule has 0 spiro atoms. The maximum Gasteiger partial charge on any atom is 0.255 e. The molecular formula is C24H26N8O2. The first kappa shape index (κ1) is 21.7. The van der Waals surface area contributed by atoms with Crippen LogP contribution in [0.5, 0.6) is 0 Å². The van der Waals surface area contributed by atoms with Gasteiger partial charge in [-0.1, -0.05) is 24.3 Å². The molecule has 1 fully saturated rings. The van der Waals surface area contributed by atoms with Crippen LogP contribution in [0.15, 0.2) is 54.6 Å². The molecule has 4 aromatic rings. The first-order valence-electron chi connectivity index (χ1n) is 11.1. The van der Waals surface area contributed by atoms with Crippen LogP contribution in [0.4, 0.5) is 23.3 Å². The molecule has 1 amide bonds. The van der Waals surface area contributed by atoms with Crippen molar-refractivity contribution >= 4 is 40.1 Å². The minimum Gasteiger partial charge on any atom is -0.382 e. The van der Waals surface area contributed by atoms with E-state index in [9.17, 15) is 4.79 Å². The number of carbonyl (C=O) groups is 1. The quantitative estimate of drug-likeness (QED) is 0.359. The Hall–Kier alpha value is -4.18. The lowest BCUT2D eigenvalue weighted by Gasteiger charge is -2.38. The molecule has 2 aromatic carbocycles. The Morgan fingerprint density at radius 1 is 1.18 bits per heavy atom. The van der Waals surface area contributed by atoms with Crippen molar-refractivity contribution in [1.82, 2.24) is 20.2 Å². The lowest BCUT2D eigenvalue weighted by Crippen LogP contribution is -2.52. The number of hydrogen-bond donors (Lipinski definition) is 4. The van der Waals surface area contributed by atoms with Gasteiger partial charge in [-0.05, 0) is 31.2 Å². The van der Waals surface area contributed by atoms with Gasteiger partial charge in [0.1, 0.15) is 5.82 Å². The van der Waals surface area contributed by atoms with Crippen molar-refractivity contribution in [2.24, 2.45) is 0 Å². The van der Waals surface area contributed by atoms with Crippen molar-refractivity contribution in [3.63, 3.8) is 0 Å². The van der Waals surface area contributed by atoms with Crippen LogP contribution in [-0.4, -0.2) is 58.4 Å². The molecule has 1 aliphatic heterocycles. The van der Waals surface area contributed by atoms with Crippen LogP contribution in [0.3, 0.4) is 0 Å². The van der Waals surface area contributed by atoms with Gasteiger partial charge in [-0.3, -0.25) is 9.89 Å². The summed E-state index contributed by atoms with van der Waals surface area (Å²) in [6, 6.07) is 17.2. The molecule has 2 atom stereocenters. The van der Waals surface area contributed by atoms with Crippen LogP contribution in [0.2, 0.25) is 0 Å². The summed E-state index contributed by atoms with van der Waals surface area (Å²) in [5, 5.41) is 13.8. The third kappa shape index (κ3) is 4.23. The summed E-state index contributed by atoms with van der Waals surface area (Å²) in [5.74, 6) is 1.48. The number of aromatic amines is 1. The minimum absolute atomic E-state index is 0.0307. The van der Waals surface area contributed by atoms with Crippen LogP contribution < -0.4 is 21.3 Å². The Balaban J connectivity index is 1.43. The number of aromatic nitrogens is 4. The van der Waals surface area contributed by atoms with Gasteiger partial charge in [-0.25, -0.2) is 4.98 Å². The molecule has 0 bridgehead atoms. The fraction of sp³-hybridized carbons (Fsp3) is 0.250. The molecule has 1 aliphatic rings. The van der Waals surface area contributed by atoms with Gasteiger partial charge in [0, 0.05) is 29.8 Å². The molecule has 2 unspecified atom stereocenters. The van der Waals surface area contributed by atoms with Crippen molar-refractivity contribution in [3.05, 3.63) is 54.6 Å². The zero-order chi connectivity index (χ0) is 23.7. The number of benzene rings is 2. The first-order valence-corrected chi connectivity index (χ1v) is 11.1. The fourth-order valence-corrected chi connectivity index (χ4v) is 4.02. The van der Waals surface area contributed by atoms with Gasteiger partial charge in [0.25, 0.3) is 5.91 Å². The van der Waals surface area contributed by atoms with Gasteiger partial charge in [0.05, 0.1) is 30.4 Å². The van der Waals surface area contributed by atoms with Crippen molar-refractivity contribution < 1.29 is 9.53 Å². The van der Waals surface area contributed by atoms with Crippen molar-refractivity contribution in [1.29, 1.82) is 0 Å². The van der Waals surface area contributed by atoms with Gasteiger partial charge in [-0.2, -0.15) is 10.1 Å². The average molecular weight is 459 g/mol. The Morgan fingerprint density at radius 2 is 2.00 bits per heavy atom. The SMILES string of the molecule is CNc1nc(-c2ccc3c(N)n[nH]c3c2)cc(N2CC(C(=O)Nc3ccccc3)OCC2C)n1. The Kier molecular flexibility index (Phi) is 5.72. The Morgan fingerprint density at radius 3 is 2.79 bits per heavy atom. The number of hydrogen-bond acceptors (Lipinski definition) is 8. The summed E-state index contributed by atoms with van der Waals surface area (Å²) >= 11 is 0. The van der Waals surface area contributed by atoms with Crippen LogP contribution in [0.1, 0.15) is 6.92 Å². The third-order valence-corrected chi connectivity index (χ3v) is 5.89. The molecule has 3 heterocycles. The number of ether oxygens (including phenoxy) is 1. The molecule has 174 valence electrons. The van der Waals surface area contributed by atoms with Gasteiger partial charge in [0.2, 0.25) is 5.95 Å². The number of amides is 1. The van der Waals surface area contributed by atoms with E-state index in [4.69, 9.17) is 10.5 Å². The lowest BCUT2D eigenvalue weighted by atomic mass is 10.1. The zero-order valence-electron chi connectivity index (χ0n) is 18.9. The van der Waals surface area contributed by atoms with E-state index in [0.29, 0.717) is 30.7 Å². The second kappa shape index (κ2) is 8.99. The van der Waals surface area contributed by atoms with E-state index < -0.39 is 6.10 Å². The van der Waals surface area contributed by atoms with Crippen molar-refractivity contribution in [3.8, 4) is 11.3 Å². The summed E-state index contributed by atoms with van der Waals surface area (Å²) in [6.07, 6.45) is -0.628. The Bertz CT molecular complexity index is 1320. The number of nitrogens with zero attached hydrogens (tertiary/aromatic N) is 4. The predicted molar refractivity (Wildman–Crippen MR) is 133 cm³/mol. The molecule has 10 nitrogen and oxygen atoms in total. The largest absolute Gasteiger partial charge is 0.382 e. The van der Waals surface area contributed by atoms with Crippen molar-refractivity contribution in [2.45, 2.75) is 19.1 Å². The molecule has 0 saturated carbocycles. The van der Waals surface area contributed by atoms with Crippen LogP contribution in [0.25, 0.3) is 22.2 Å². The highest BCUT2D eigenvalue weighted by Gasteiger charge is 2.32. The van der Waals surface area contributed by atoms with E-state index in [1.165, 1.54) is 0 Å². The number of nitrogens with one attached hydrogen (secondary N) is 3. The van der Waals surface area contributed by atoms with Crippen LogP contribution >= 0.6 is 0 Å². The monoisotopic (exact) mass is 458 g/mol. The topological polar surface area (TPSA) is 134 Å². The Labute approximate surface area is 196 Å². The van der Waals surface area contributed by atoms with Crippen LogP contribution in [-0.2, 0) is 9.53 Å². The highest BCUT2D eigenvalue weighted by Crippen LogP contribution is 2.29. The number of carbonyl (C=O) groups excluding carboxylic acids is 1. The highest BCUT2D eigenvalue weighted by atomic mass is 16.5. The molecule has 5 rings (SSSR count). The van der Waals surface area contributed by atoms with Crippen LogP contribution in [0, 0.1) is 0 Å². The first-order chi connectivity index (χ1) is 16.5. The number of rotatable bonds is 5. The number of morpholine rings is 1. The third-order valence-electron chi connectivity index (χ3n) is 5.89. The maximum atomic E-state index is 12.9. The second-order valence-corrected chi connectivity index (χ2v) is 8.23. The minimum atomic E-state index is -0.628. The second-order valence-electron chi connectivity index (χ2n) is 8.23. The van der Waals surface area contributed by atoms with Gasteiger partial charge in [-0.15, -0.1) is 0 Å². The molecule has 0 radical (unpaired) electrons. The zero-order valence-corrected chi connectivity index (χ0v) is 18.9. The molecule has 34 heavy (non-hydrogen) atoms. The van der Waals surface area contributed by atoms with E-state index in [0.717, 1.165) is 27.8 Å². The lowest BCUT2D eigenvalue weighted by molar-refractivity contribution is -0.128. The summed E-state index contributed by atoms with van der Waals surface area (Å²) in [4.78, 5) is 24.3. The van der Waals surface area contributed by atoms with E-state index >= 15 is 0 Å². The number of para-hydroxylation sites is 1. The highest BCUT2D eigenvalue weighted by molar-refractivity contribution is 5.95. The average Bonchev–Trinajstić information content (AvgIpc) is 3.24. The summed E-state index contributed by atoms with van der Waals surface area (Å²) < 4.78 is 5.86. The molecule has 1 saturated heterocycles. The van der Waals surface area contributed by atoms with Gasteiger partial charge >= 0.3 is 0 Å². The normalized spacial score (nSPS) is 18.1. The standard InChI is InChI=1S/C24H26N8O2/c1-14-13-34-20(23(33)27-16-6-4-3-5-7-16)12-32(14)21-11-18(28-24(26-2)29-21)15-8-9-17-19(10-15)30-31-22(17)25/h3-11,14,20H,12-13H2,1-2H3,(H,27,33)(H3,25,30,31)(H,26,28,29). The predicted octanol–water partition coefficient (Wildman–Crippen LogP) is 2.88. The molecule has 5 N–H and O–H groups in total. The van der Waals surface area contributed by atoms with Crippen molar-refractivity contribution in [2.75, 3.05) is 41.5 Å². The molecule has 10 heteroatoms. The number of nitrogen functional groups attached to an aromatic ring is 1. The van der Waals surface area contributed by atoms with E-state index in [2.05, 4.69) is 35.7 Å². The molecule has 0 aliphatic carbocycles. The van der Waals surface area contributed by atoms with E-state index in [1.807, 2.05) is 61.5 Å². The van der Waals surface area contributed by atoms with Gasteiger partial charge < -0.3 is 26.0 Å². The number of fused-ring (bicyclic) bond motifs is 1. The summed E-state index contributed by atoms with van der Waals surface area (Å²) in [6.45, 7) is 2.82. The molecular weight excluding hydrogens is 432 g/mol. The van der Waals surface area contributed by atoms with E-state index in [-0.39, 0.29) is 11.9 Å². The maximum absolute atomic E-state index is 12.9. The van der Waals surface area contributed by atoms with E-state index in [1.54, 1.807) is 7.05 Å². The fourth-order valence-electron chi connectivity index (χ4n) is 4.02. The number of H-pyrrole nitrogens is 1. The number of nitrogens with two attached hydrogens (primary N) is 1. The summed E-state index contributed by atoms with van der Waals surface area (Å²) in [5.41, 5.74) is 9.11. The smallest absolute Gasteiger partial charge is 0.255 e.